The maximum absolute atomic E-state index is 13.4. The summed E-state index contributed by atoms with van der Waals surface area (Å²) < 4.78 is 29.9. The molecule has 2 aromatic rings. The van der Waals surface area contributed by atoms with Crippen LogP contribution in [0.5, 0.6) is 0 Å². The van der Waals surface area contributed by atoms with E-state index < -0.39 is 16.1 Å². The smallest absolute Gasteiger partial charge is 0.250 e. The van der Waals surface area contributed by atoms with E-state index in [1.165, 1.54) is 4.90 Å². The summed E-state index contributed by atoms with van der Waals surface area (Å²) in [5.41, 5.74) is 0. The number of fused-ring (bicyclic) bond motifs is 1. The lowest BCUT2D eigenvalue weighted by atomic mass is 10.1. The Morgan fingerprint density at radius 1 is 1.12 bits per heavy atom. The first-order valence-electron chi connectivity index (χ1n) is 14.7. The van der Waals surface area contributed by atoms with Crippen molar-refractivity contribution in [3.05, 3.63) is 29.3 Å². The van der Waals surface area contributed by atoms with Gasteiger partial charge in [0.05, 0.1) is 6.54 Å². The summed E-state index contributed by atoms with van der Waals surface area (Å²) in [6.45, 7) is 7.30. The van der Waals surface area contributed by atoms with Crippen LogP contribution in [0, 0.1) is 5.92 Å². The van der Waals surface area contributed by atoms with E-state index in [4.69, 9.17) is 11.6 Å². The molecular formula is C29H40ClN5O5S2. The predicted octanol–water partition coefficient (Wildman–Crippen LogP) is 3.00. The summed E-state index contributed by atoms with van der Waals surface area (Å²) in [6.07, 6.45) is 3.73. The van der Waals surface area contributed by atoms with E-state index in [9.17, 15) is 22.8 Å². The number of nitrogens with zero attached hydrogens (tertiary/aromatic N) is 4. The monoisotopic (exact) mass is 637 g/mol. The van der Waals surface area contributed by atoms with Crippen molar-refractivity contribution >= 4 is 60.8 Å². The van der Waals surface area contributed by atoms with Crippen LogP contribution in [0.3, 0.4) is 0 Å². The third kappa shape index (κ3) is 6.77. The highest BCUT2D eigenvalue weighted by molar-refractivity contribution is 7.91. The first kappa shape index (κ1) is 31.2. The van der Waals surface area contributed by atoms with E-state index in [1.807, 2.05) is 30.7 Å². The van der Waals surface area contributed by atoms with Crippen LogP contribution in [0.25, 0.3) is 10.1 Å². The number of likely N-dealkylation sites (tertiary alicyclic amines) is 3. The lowest BCUT2D eigenvalue weighted by Gasteiger charge is -2.35. The zero-order valence-corrected chi connectivity index (χ0v) is 26.8. The highest BCUT2D eigenvalue weighted by atomic mass is 35.5. The number of halogens is 1. The van der Waals surface area contributed by atoms with Gasteiger partial charge < -0.3 is 14.7 Å². The molecule has 1 aromatic heterocycles. The van der Waals surface area contributed by atoms with E-state index in [0.717, 1.165) is 60.3 Å². The van der Waals surface area contributed by atoms with Crippen LogP contribution in [0.4, 0.5) is 0 Å². The number of carbonyl (C=O) groups is 3. The average molecular weight is 638 g/mol. The van der Waals surface area contributed by atoms with Gasteiger partial charge in [-0.25, -0.2) is 8.42 Å². The molecule has 10 nitrogen and oxygen atoms in total. The summed E-state index contributed by atoms with van der Waals surface area (Å²) >= 11 is 7.18. The van der Waals surface area contributed by atoms with Gasteiger partial charge in [-0.05, 0) is 61.8 Å². The number of benzene rings is 1. The molecule has 230 valence electrons. The Morgan fingerprint density at radius 3 is 2.64 bits per heavy atom. The Bertz CT molecular complexity index is 1450. The third-order valence-electron chi connectivity index (χ3n) is 8.68. The van der Waals surface area contributed by atoms with Crippen molar-refractivity contribution < 1.29 is 22.8 Å². The Labute approximate surface area is 257 Å². The third-order valence-corrected chi connectivity index (χ3v) is 12.0. The maximum atomic E-state index is 13.4. The van der Waals surface area contributed by atoms with E-state index in [2.05, 4.69) is 9.62 Å². The number of nitrogens with one attached hydrogen (secondary N) is 1. The van der Waals surface area contributed by atoms with Gasteiger partial charge in [-0.15, -0.1) is 11.3 Å². The standard InChI is InChI=1S/C29H40ClN5O5S2/c1-19(2)28(37)32(3)22-10-13-33(16-22)17-23-6-4-12-35(23)26(36)18-34-11-5-7-24(29(34)38)31-42(39,40)27-15-20-14-21(30)8-9-25(20)41-27/h8-9,14-15,19,22-24,31H,4-7,10-13,16-18H2,1-3H3/t22?,23-,24-/m0/s1. The molecule has 0 spiro atoms. The molecule has 4 heterocycles. The van der Waals surface area contributed by atoms with Crippen molar-refractivity contribution in [2.45, 2.75) is 68.3 Å². The Morgan fingerprint density at radius 2 is 1.88 bits per heavy atom. The van der Waals surface area contributed by atoms with E-state index >= 15 is 0 Å². The molecular weight excluding hydrogens is 598 g/mol. The second kappa shape index (κ2) is 12.8. The van der Waals surface area contributed by atoms with Crippen molar-refractivity contribution in [2.75, 3.05) is 46.3 Å². The molecule has 0 saturated carbocycles. The van der Waals surface area contributed by atoms with Gasteiger partial charge in [0.15, 0.2) is 0 Å². The van der Waals surface area contributed by atoms with Gasteiger partial charge in [-0.1, -0.05) is 25.4 Å². The number of carbonyl (C=O) groups excluding carboxylic acids is 3. The highest BCUT2D eigenvalue weighted by Crippen LogP contribution is 2.31. The van der Waals surface area contributed by atoms with Crippen LogP contribution in [0.2, 0.25) is 5.02 Å². The van der Waals surface area contributed by atoms with Crippen molar-refractivity contribution in [3.63, 3.8) is 0 Å². The molecule has 3 fully saturated rings. The summed E-state index contributed by atoms with van der Waals surface area (Å²) in [4.78, 5) is 46.8. The number of thiophene rings is 1. The van der Waals surface area contributed by atoms with E-state index in [0.29, 0.717) is 31.0 Å². The molecule has 42 heavy (non-hydrogen) atoms. The normalized spacial score (nSPS) is 23.8. The van der Waals surface area contributed by atoms with Crippen LogP contribution >= 0.6 is 22.9 Å². The molecule has 5 rings (SSSR count). The minimum Gasteiger partial charge on any atom is -0.341 e. The minimum absolute atomic E-state index is 0.0326. The largest absolute Gasteiger partial charge is 0.341 e. The fraction of sp³-hybridized carbons (Fsp3) is 0.621. The Hall–Kier alpha value is -2.25. The number of hydrogen-bond donors (Lipinski definition) is 1. The van der Waals surface area contributed by atoms with Gasteiger partial charge in [0, 0.05) is 67.5 Å². The molecule has 3 atom stereocenters. The lowest BCUT2D eigenvalue weighted by Crippen LogP contribution is -2.55. The molecule has 0 bridgehead atoms. The van der Waals surface area contributed by atoms with Crippen LogP contribution < -0.4 is 4.72 Å². The fourth-order valence-corrected chi connectivity index (χ4v) is 9.16. The van der Waals surface area contributed by atoms with Gasteiger partial charge in [-0.3, -0.25) is 19.3 Å². The second-order valence-electron chi connectivity index (χ2n) is 12.0. The van der Waals surface area contributed by atoms with Gasteiger partial charge in [0.2, 0.25) is 17.7 Å². The lowest BCUT2D eigenvalue weighted by molar-refractivity contribution is -0.143. The van der Waals surface area contributed by atoms with Crippen LogP contribution in [-0.4, -0.2) is 110 Å². The summed E-state index contributed by atoms with van der Waals surface area (Å²) in [6, 6.07) is 6.11. The molecule has 1 N–H and O–H groups in total. The van der Waals surface area contributed by atoms with Gasteiger partial charge in [-0.2, -0.15) is 4.72 Å². The summed E-state index contributed by atoms with van der Waals surface area (Å²) in [5.74, 6) is -0.341. The topological polar surface area (TPSA) is 110 Å². The molecule has 1 unspecified atom stereocenters. The average Bonchev–Trinajstić information content (AvgIpc) is 3.70. The first-order chi connectivity index (χ1) is 19.9. The molecule has 3 aliphatic rings. The first-order valence-corrected chi connectivity index (χ1v) is 17.4. The fourth-order valence-electron chi connectivity index (χ4n) is 6.36. The number of rotatable bonds is 9. The minimum atomic E-state index is -3.93. The van der Waals surface area contributed by atoms with Crippen molar-refractivity contribution in [3.8, 4) is 0 Å². The number of likely N-dealkylation sites (N-methyl/N-ethyl adjacent to an activating group) is 1. The zero-order valence-electron chi connectivity index (χ0n) is 24.4. The highest BCUT2D eigenvalue weighted by Gasteiger charge is 2.38. The van der Waals surface area contributed by atoms with Gasteiger partial charge in [0.1, 0.15) is 10.3 Å². The molecule has 0 aliphatic carbocycles. The molecule has 3 amide bonds. The number of piperidine rings is 1. The van der Waals surface area contributed by atoms with Crippen molar-refractivity contribution in [1.82, 2.24) is 24.3 Å². The van der Waals surface area contributed by atoms with E-state index in [-0.39, 0.29) is 46.5 Å². The molecule has 0 radical (unpaired) electrons. The maximum Gasteiger partial charge on any atom is 0.250 e. The number of hydrogen-bond acceptors (Lipinski definition) is 7. The second-order valence-corrected chi connectivity index (χ2v) is 15.5. The van der Waals surface area contributed by atoms with Crippen molar-refractivity contribution in [1.29, 1.82) is 0 Å². The predicted molar refractivity (Wildman–Crippen MR) is 164 cm³/mol. The number of amides is 3. The molecule has 13 heteroatoms. The zero-order chi connectivity index (χ0) is 30.2. The van der Waals surface area contributed by atoms with Gasteiger partial charge in [0.25, 0.3) is 10.0 Å². The SMILES string of the molecule is CC(C)C(=O)N(C)C1CCN(C[C@@H]2CCCN2C(=O)CN2CCC[C@H](NS(=O)(=O)c3cc4cc(Cl)ccc4s3)C2=O)C1. The summed E-state index contributed by atoms with van der Waals surface area (Å²) in [7, 11) is -2.05. The Balaban J connectivity index is 1.17. The van der Waals surface area contributed by atoms with Crippen LogP contribution in [0.1, 0.15) is 46.0 Å². The van der Waals surface area contributed by atoms with Crippen molar-refractivity contribution in [2.24, 2.45) is 5.92 Å². The van der Waals surface area contributed by atoms with Crippen LogP contribution in [0.15, 0.2) is 28.5 Å². The molecule has 3 aliphatic heterocycles. The molecule has 3 saturated heterocycles. The van der Waals surface area contributed by atoms with Gasteiger partial charge >= 0.3 is 0 Å². The van der Waals surface area contributed by atoms with E-state index in [1.54, 1.807) is 24.3 Å². The molecule has 1 aromatic carbocycles. The quantitative estimate of drug-likeness (QED) is 0.453. The van der Waals surface area contributed by atoms with Crippen LogP contribution in [-0.2, 0) is 24.4 Å². The Kier molecular flexibility index (Phi) is 9.48. The summed E-state index contributed by atoms with van der Waals surface area (Å²) in [5, 5.41) is 1.26. The number of sulfonamides is 1.